The first kappa shape index (κ1) is 8.70. The summed E-state index contributed by atoms with van der Waals surface area (Å²) >= 11 is 0. The van der Waals surface area contributed by atoms with E-state index < -0.39 is 0 Å². The Morgan fingerprint density at radius 2 is 2.33 bits per heavy atom. The monoisotopic (exact) mass is 127 g/mol. The lowest BCUT2D eigenvalue weighted by Gasteiger charge is -2.06. The maximum atomic E-state index is 5.28. The fourth-order valence-electron chi connectivity index (χ4n) is 0.399. The standard InChI is InChI=1S/C8H15O/c1-4-6-7-9-8(3)5-2/h4,6,8H,2,5,7H2,1,3H3/b6-4+. The molecular formula is C8H15O. The highest BCUT2D eigenvalue weighted by Crippen LogP contribution is 1.94. The van der Waals surface area contributed by atoms with Gasteiger partial charge in [0.2, 0.25) is 0 Å². The molecule has 1 heteroatoms. The second kappa shape index (κ2) is 5.83. The Balaban J connectivity index is 3.06. The van der Waals surface area contributed by atoms with Gasteiger partial charge in [0, 0.05) is 0 Å². The van der Waals surface area contributed by atoms with Gasteiger partial charge in [-0.15, -0.1) is 0 Å². The molecule has 0 amide bonds. The van der Waals surface area contributed by atoms with Gasteiger partial charge in [0.05, 0.1) is 12.7 Å². The first-order valence-electron chi connectivity index (χ1n) is 3.33. The second-order valence-corrected chi connectivity index (χ2v) is 2.00. The smallest absolute Gasteiger partial charge is 0.0650 e. The Morgan fingerprint density at radius 3 is 2.78 bits per heavy atom. The summed E-state index contributed by atoms with van der Waals surface area (Å²) in [5.74, 6) is 0. The topological polar surface area (TPSA) is 9.23 Å². The van der Waals surface area contributed by atoms with Crippen LogP contribution in [-0.4, -0.2) is 12.7 Å². The number of rotatable bonds is 4. The molecule has 0 aromatic rings. The van der Waals surface area contributed by atoms with Crippen molar-refractivity contribution < 1.29 is 4.74 Å². The molecule has 0 bridgehead atoms. The van der Waals surface area contributed by atoms with Crippen LogP contribution in [0.4, 0.5) is 0 Å². The summed E-state index contributed by atoms with van der Waals surface area (Å²) in [7, 11) is 0. The minimum atomic E-state index is 0.293. The van der Waals surface area contributed by atoms with Gasteiger partial charge in [-0.2, -0.15) is 0 Å². The highest BCUT2D eigenvalue weighted by molar-refractivity contribution is 4.76. The zero-order valence-electron chi connectivity index (χ0n) is 6.26. The van der Waals surface area contributed by atoms with Gasteiger partial charge in [0.15, 0.2) is 0 Å². The summed E-state index contributed by atoms with van der Waals surface area (Å²) in [6.45, 7) is 8.44. The van der Waals surface area contributed by atoms with Crippen molar-refractivity contribution in [3.8, 4) is 0 Å². The molecule has 0 heterocycles. The first-order valence-corrected chi connectivity index (χ1v) is 3.33. The fourth-order valence-corrected chi connectivity index (χ4v) is 0.399. The van der Waals surface area contributed by atoms with E-state index in [1.54, 1.807) is 0 Å². The Kier molecular flexibility index (Phi) is 5.64. The van der Waals surface area contributed by atoms with E-state index in [1.165, 1.54) is 0 Å². The molecule has 1 radical (unpaired) electrons. The maximum Gasteiger partial charge on any atom is 0.0650 e. The second-order valence-electron chi connectivity index (χ2n) is 2.00. The normalized spacial score (nSPS) is 14.6. The third-order valence-corrected chi connectivity index (χ3v) is 1.12. The minimum absolute atomic E-state index is 0.293. The van der Waals surface area contributed by atoms with Gasteiger partial charge in [-0.3, -0.25) is 0 Å². The summed E-state index contributed by atoms with van der Waals surface area (Å²) in [6, 6.07) is 0. The maximum absolute atomic E-state index is 5.28. The van der Waals surface area contributed by atoms with Crippen LogP contribution in [0.3, 0.4) is 0 Å². The molecule has 1 unspecified atom stereocenters. The Morgan fingerprint density at radius 1 is 1.67 bits per heavy atom. The van der Waals surface area contributed by atoms with Gasteiger partial charge in [0.1, 0.15) is 0 Å². The third kappa shape index (κ3) is 5.57. The van der Waals surface area contributed by atoms with E-state index in [-0.39, 0.29) is 0 Å². The predicted octanol–water partition coefficient (Wildman–Crippen LogP) is 2.19. The average molecular weight is 127 g/mol. The van der Waals surface area contributed by atoms with Crippen LogP contribution >= 0.6 is 0 Å². The van der Waals surface area contributed by atoms with Crippen LogP contribution in [0.5, 0.6) is 0 Å². The summed E-state index contributed by atoms with van der Waals surface area (Å²) in [5.41, 5.74) is 0. The van der Waals surface area contributed by atoms with Crippen LogP contribution in [0.2, 0.25) is 0 Å². The van der Waals surface area contributed by atoms with Gasteiger partial charge >= 0.3 is 0 Å². The summed E-state index contributed by atoms with van der Waals surface area (Å²) < 4.78 is 5.28. The number of allylic oxidation sites excluding steroid dienone is 1. The highest BCUT2D eigenvalue weighted by atomic mass is 16.5. The average Bonchev–Trinajstić information content (AvgIpc) is 1.89. The number of hydrogen-bond donors (Lipinski definition) is 0. The van der Waals surface area contributed by atoms with Crippen molar-refractivity contribution in [2.45, 2.75) is 26.4 Å². The van der Waals surface area contributed by atoms with E-state index in [9.17, 15) is 0 Å². The summed E-state index contributed by atoms with van der Waals surface area (Å²) in [5, 5.41) is 0. The zero-order chi connectivity index (χ0) is 7.11. The molecule has 0 rings (SSSR count). The van der Waals surface area contributed by atoms with E-state index in [0.29, 0.717) is 12.7 Å². The Hall–Kier alpha value is -0.300. The van der Waals surface area contributed by atoms with Crippen LogP contribution in [0.1, 0.15) is 20.3 Å². The molecule has 0 saturated heterocycles. The summed E-state index contributed by atoms with van der Waals surface area (Å²) in [4.78, 5) is 0. The lowest BCUT2D eigenvalue weighted by molar-refractivity contribution is 0.0902. The van der Waals surface area contributed by atoms with Gasteiger partial charge < -0.3 is 4.74 Å². The largest absolute Gasteiger partial charge is 0.374 e. The molecule has 0 aromatic heterocycles. The van der Waals surface area contributed by atoms with Crippen LogP contribution in [0, 0.1) is 6.92 Å². The first-order chi connectivity index (χ1) is 4.31. The van der Waals surface area contributed by atoms with Gasteiger partial charge in [-0.25, -0.2) is 0 Å². The SMILES string of the molecule is [CH2]CC(C)OC/C=C/C. The molecular weight excluding hydrogens is 112 g/mol. The molecule has 0 fully saturated rings. The van der Waals surface area contributed by atoms with Gasteiger partial charge in [-0.1, -0.05) is 19.1 Å². The Bertz CT molecular complexity index is 76.6. The van der Waals surface area contributed by atoms with Crippen molar-refractivity contribution in [1.29, 1.82) is 0 Å². The molecule has 1 atom stereocenters. The van der Waals surface area contributed by atoms with E-state index in [2.05, 4.69) is 6.92 Å². The third-order valence-electron chi connectivity index (χ3n) is 1.12. The van der Waals surface area contributed by atoms with E-state index in [4.69, 9.17) is 4.74 Å². The molecule has 0 saturated carbocycles. The van der Waals surface area contributed by atoms with E-state index in [1.807, 2.05) is 26.0 Å². The predicted molar refractivity (Wildman–Crippen MR) is 40.2 cm³/mol. The van der Waals surface area contributed by atoms with Crippen molar-refractivity contribution in [3.05, 3.63) is 19.1 Å². The quantitative estimate of drug-likeness (QED) is 0.526. The molecule has 0 aliphatic heterocycles. The number of ether oxygens (including phenoxy) is 1. The molecule has 0 aliphatic carbocycles. The molecule has 53 valence electrons. The van der Waals surface area contributed by atoms with Crippen LogP contribution in [0.25, 0.3) is 0 Å². The minimum Gasteiger partial charge on any atom is -0.374 e. The zero-order valence-corrected chi connectivity index (χ0v) is 6.26. The molecule has 0 aliphatic rings. The molecule has 1 nitrogen and oxygen atoms in total. The molecule has 0 spiro atoms. The van der Waals surface area contributed by atoms with Crippen molar-refractivity contribution in [2.24, 2.45) is 0 Å². The van der Waals surface area contributed by atoms with E-state index >= 15 is 0 Å². The lowest BCUT2D eigenvalue weighted by Crippen LogP contribution is -2.05. The molecule has 0 N–H and O–H groups in total. The van der Waals surface area contributed by atoms with Crippen molar-refractivity contribution in [3.63, 3.8) is 0 Å². The van der Waals surface area contributed by atoms with E-state index in [0.717, 1.165) is 6.42 Å². The number of hydrogen-bond acceptors (Lipinski definition) is 1. The lowest BCUT2D eigenvalue weighted by atomic mass is 10.3. The van der Waals surface area contributed by atoms with Crippen molar-refractivity contribution >= 4 is 0 Å². The highest BCUT2D eigenvalue weighted by Gasteiger charge is 1.93. The molecule has 9 heavy (non-hydrogen) atoms. The van der Waals surface area contributed by atoms with Crippen molar-refractivity contribution in [1.82, 2.24) is 0 Å². The Labute approximate surface area is 57.7 Å². The van der Waals surface area contributed by atoms with Crippen molar-refractivity contribution in [2.75, 3.05) is 6.61 Å². The summed E-state index contributed by atoms with van der Waals surface area (Å²) in [6.07, 6.45) is 5.11. The van der Waals surface area contributed by atoms with Gasteiger partial charge in [-0.05, 0) is 20.3 Å². The van der Waals surface area contributed by atoms with Crippen LogP contribution < -0.4 is 0 Å². The fraction of sp³-hybridized carbons (Fsp3) is 0.625. The van der Waals surface area contributed by atoms with Gasteiger partial charge in [0.25, 0.3) is 0 Å². The molecule has 0 aromatic carbocycles. The van der Waals surface area contributed by atoms with Crippen LogP contribution in [0.15, 0.2) is 12.2 Å². The van der Waals surface area contributed by atoms with Crippen LogP contribution in [-0.2, 0) is 4.74 Å².